The molecule has 3 N–H and O–H groups in total. The van der Waals surface area contributed by atoms with Gasteiger partial charge in [0.25, 0.3) is 5.91 Å². The van der Waals surface area contributed by atoms with Crippen LogP contribution in [0.2, 0.25) is 0 Å². The van der Waals surface area contributed by atoms with Gasteiger partial charge in [0.1, 0.15) is 0 Å². The molecule has 0 aliphatic carbocycles. The first-order valence-corrected chi connectivity index (χ1v) is 8.92. The van der Waals surface area contributed by atoms with Gasteiger partial charge < -0.3 is 11.1 Å². The lowest BCUT2D eigenvalue weighted by Crippen LogP contribution is -2.16. The molecule has 0 unspecified atom stereocenters. The molecular formula is C18H15N7OS. The van der Waals surface area contributed by atoms with Crippen LogP contribution >= 0.6 is 11.3 Å². The maximum absolute atomic E-state index is 12.5. The summed E-state index contributed by atoms with van der Waals surface area (Å²) >= 11 is 1.56. The molecule has 0 fully saturated rings. The van der Waals surface area contributed by atoms with Crippen LogP contribution in [0, 0.1) is 0 Å². The van der Waals surface area contributed by atoms with Gasteiger partial charge in [-0.2, -0.15) is 5.10 Å². The number of nitrogens with zero attached hydrogens (tertiary/aromatic N) is 5. The molecule has 4 rings (SSSR count). The van der Waals surface area contributed by atoms with Crippen LogP contribution in [0.3, 0.4) is 0 Å². The van der Waals surface area contributed by atoms with E-state index in [1.807, 2.05) is 36.8 Å². The van der Waals surface area contributed by atoms with Crippen LogP contribution in [-0.2, 0) is 7.05 Å². The van der Waals surface area contributed by atoms with Gasteiger partial charge in [-0.25, -0.2) is 4.98 Å². The smallest absolute Gasteiger partial charge is 0.277 e. The van der Waals surface area contributed by atoms with Crippen LogP contribution in [0.4, 0.5) is 11.5 Å². The van der Waals surface area contributed by atoms with Crippen LogP contribution in [0.15, 0.2) is 54.2 Å². The second kappa shape index (κ2) is 6.96. The minimum Gasteiger partial charge on any atom is -0.396 e. The third-order valence-electron chi connectivity index (χ3n) is 3.83. The van der Waals surface area contributed by atoms with Gasteiger partial charge in [0.2, 0.25) is 0 Å². The van der Waals surface area contributed by atoms with Gasteiger partial charge in [0.05, 0.1) is 28.1 Å². The quantitative estimate of drug-likeness (QED) is 0.566. The fourth-order valence-electron chi connectivity index (χ4n) is 2.46. The van der Waals surface area contributed by atoms with Gasteiger partial charge in [0.15, 0.2) is 11.5 Å². The Morgan fingerprint density at radius 3 is 2.67 bits per heavy atom. The Kier molecular flexibility index (Phi) is 4.35. The Morgan fingerprint density at radius 2 is 2.00 bits per heavy atom. The largest absolute Gasteiger partial charge is 0.396 e. The molecule has 4 aromatic rings. The van der Waals surface area contributed by atoms with E-state index in [0.717, 1.165) is 16.1 Å². The molecule has 27 heavy (non-hydrogen) atoms. The Morgan fingerprint density at radius 1 is 1.15 bits per heavy atom. The van der Waals surface area contributed by atoms with Crippen molar-refractivity contribution in [2.45, 2.75) is 0 Å². The number of hydrogen-bond donors (Lipinski definition) is 2. The van der Waals surface area contributed by atoms with Gasteiger partial charge in [0, 0.05) is 18.8 Å². The Labute approximate surface area is 158 Å². The lowest BCUT2D eigenvalue weighted by atomic mass is 10.2. The Balaban J connectivity index is 1.54. The number of carbonyl (C=O) groups is 1. The SMILES string of the molecule is Cn1cc(-c2ccc(C(=O)Nc3nc(-c4cccs4)ccc3N)nn2)cn1. The van der Waals surface area contributed by atoms with E-state index in [-0.39, 0.29) is 5.69 Å². The van der Waals surface area contributed by atoms with Gasteiger partial charge >= 0.3 is 0 Å². The number of amides is 1. The third kappa shape index (κ3) is 3.53. The molecule has 0 saturated heterocycles. The number of thiophene rings is 1. The highest BCUT2D eigenvalue weighted by Gasteiger charge is 2.13. The van der Waals surface area contributed by atoms with Crippen molar-refractivity contribution in [3.63, 3.8) is 0 Å². The highest BCUT2D eigenvalue weighted by Crippen LogP contribution is 2.27. The summed E-state index contributed by atoms with van der Waals surface area (Å²) in [6.07, 6.45) is 3.51. The standard InChI is InChI=1S/C18H15N7OS/c1-25-10-11(9-20-25)13-6-7-15(24-23-13)18(26)22-17-12(19)4-5-14(21-17)16-3-2-8-27-16/h2-10H,19H2,1H3,(H,21,22,26). The van der Waals surface area contributed by atoms with E-state index < -0.39 is 5.91 Å². The average Bonchev–Trinajstić information content (AvgIpc) is 3.35. The molecule has 8 nitrogen and oxygen atoms in total. The maximum Gasteiger partial charge on any atom is 0.277 e. The predicted octanol–water partition coefficient (Wildman–Crippen LogP) is 2.84. The number of nitrogen functional groups attached to an aromatic ring is 1. The van der Waals surface area contributed by atoms with Gasteiger partial charge in [-0.05, 0) is 35.7 Å². The number of nitrogens with one attached hydrogen (secondary N) is 1. The second-order valence-corrected chi connectivity index (χ2v) is 6.72. The van der Waals surface area contributed by atoms with Gasteiger partial charge in [-0.1, -0.05) is 6.07 Å². The Bertz CT molecular complexity index is 1090. The van der Waals surface area contributed by atoms with Crippen molar-refractivity contribution in [1.82, 2.24) is 25.0 Å². The van der Waals surface area contributed by atoms with Crippen molar-refractivity contribution < 1.29 is 4.79 Å². The van der Waals surface area contributed by atoms with E-state index in [0.29, 0.717) is 17.2 Å². The topological polar surface area (TPSA) is 112 Å². The molecule has 9 heteroatoms. The fourth-order valence-corrected chi connectivity index (χ4v) is 3.16. The van der Waals surface area contributed by atoms with Gasteiger partial charge in [-0.3, -0.25) is 9.48 Å². The fraction of sp³-hybridized carbons (Fsp3) is 0.0556. The molecule has 0 aliphatic heterocycles. The highest BCUT2D eigenvalue weighted by molar-refractivity contribution is 7.13. The van der Waals surface area contributed by atoms with E-state index >= 15 is 0 Å². The van der Waals surface area contributed by atoms with Crippen LogP contribution in [-0.4, -0.2) is 30.9 Å². The van der Waals surface area contributed by atoms with Crippen molar-refractivity contribution in [2.24, 2.45) is 7.05 Å². The summed E-state index contributed by atoms with van der Waals surface area (Å²) in [6.45, 7) is 0. The zero-order chi connectivity index (χ0) is 18.8. The van der Waals surface area contributed by atoms with Crippen LogP contribution in [0.5, 0.6) is 0 Å². The molecule has 1 amide bonds. The van der Waals surface area contributed by atoms with E-state index in [9.17, 15) is 4.79 Å². The number of carbonyl (C=O) groups excluding carboxylic acids is 1. The van der Waals surface area contributed by atoms with Crippen LogP contribution in [0.1, 0.15) is 10.5 Å². The zero-order valence-electron chi connectivity index (χ0n) is 14.3. The molecule has 0 radical (unpaired) electrons. The summed E-state index contributed by atoms with van der Waals surface area (Å²) < 4.78 is 1.67. The second-order valence-electron chi connectivity index (χ2n) is 5.77. The minimum atomic E-state index is -0.428. The first-order valence-electron chi connectivity index (χ1n) is 8.04. The van der Waals surface area contributed by atoms with E-state index in [1.165, 1.54) is 0 Å². The number of rotatable bonds is 4. The molecule has 0 aromatic carbocycles. The Hall–Kier alpha value is -3.59. The molecule has 0 saturated carbocycles. The summed E-state index contributed by atoms with van der Waals surface area (Å²) in [5.41, 5.74) is 8.71. The molecule has 0 aliphatic rings. The monoisotopic (exact) mass is 377 g/mol. The normalized spacial score (nSPS) is 10.7. The summed E-state index contributed by atoms with van der Waals surface area (Å²) in [5, 5.41) is 16.8. The molecule has 134 valence electrons. The number of pyridine rings is 1. The lowest BCUT2D eigenvalue weighted by Gasteiger charge is -2.08. The minimum absolute atomic E-state index is 0.172. The predicted molar refractivity (Wildman–Crippen MR) is 104 cm³/mol. The number of nitrogens with two attached hydrogens (primary N) is 1. The number of hydrogen-bond acceptors (Lipinski definition) is 7. The lowest BCUT2D eigenvalue weighted by molar-refractivity contribution is 0.102. The number of aromatic nitrogens is 5. The molecule has 4 aromatic heterocycles. The molecule has 4 heterocycles. The van der Waals surface area contributed by atoms with E-state index in [2.05, 4.69) is 25.6 Å². The van der Waals surface area contributed by atoms with Crippen molar-refractivity contribution in [2.75, 3.05) is 11.1 Å². The van der Waals surface area contributed by atoms with Crippen molar-refractivity contribution in [3.05, 3.63) is 59.9 Å². The van der Waals surface area contributed by atoms with Crippen molar-refractivity contribution >= 4 is 28.7 Å². The molecule has 0 bridgehead atoms. The maximum atomic E-state index is 12.5. The van der Waals surface area contributed by atoms with Crippen molar-refractivity contribution in [1.29, 1.82) is 0 Å². The first-order chi connectivity index (χ1) is 13.1. The van der Waals surface area contributed by atoms with E-state index in [1.54, 1.807) is 40.4 Å². The first kappa shape index (κ1) is 16.9. The number of aryl methyl sites for hydroxylation is 1. The van der Waals surface area contributed by atoms with Crippen molar-refractivity contribution in [3.8, 4) is 21.8 Å². The molecule has 0 spiro atoms. The van der Waals surface area contributed by atoms with E-state index in [4.69, 9.17) is 5.73 Å². The average molecular weight is 377 g/mol. The zero-order valence-corrected chi connectivity index (χ0v) is 15.1. The number of anilines is 2. The highest BCUT2D eigenvalue weighted by atomic mass is 32.1. The molecular weight excluding hydrogens is 362 g/mol. The summed E-state index contributed by atoms with van der Waals surface area (Å²) in [4.78, 5) is 17.9. The summed E-state index contributed by atoms with van der Waals surface area (Å²) in [6, 6.07) is 10.8. The summed E-state index contributed by atoms with van der Waals surface area (Å²) in [7, 11) is 1.82. The molecule has 0 atom stereocenters. The van der Waals surface area contributed by atoms with Crippen LogP contribution in [0.25, 0.3) is 21.8 Å². The third-order valence-corrected chi connectivity index (χ3v) is 4.72. The van der Waals surface area contributed by atoms with Gasteiger partial charge in [-0.15, -0.1) is 21.5 Å². The summed E-state index contributed by atoms with van der Waals surface area (Å²) in [5.74, 6) is -0.133. The van der Waals surface area contributed by atoms with Crippen LogP contribution < -0.4 is 11.1 Å².